The maximum absolute atomic E-state index is 9.13. The molecule has 1 N–H and O–H groups in total. The third-order valence-electron chi connectivity index (χ3n) is 2.54. The Kier molecular flexibility index (Phi) is 4.21. The average Bonchev–Trinajstić information content (AvgIpc) is 2.25. The number of hydrogen-bond acceptors (Lipinski definition) is 2. The van der Waals surface area contributed by atoms with E-state index in [-0.39, 0.29) is 12.5 Å². The smallest absolute Gasteiger partial charge is 0.211 e. The Balaban J connectivity index is 3.12. The molecule has 3 heteroatoms. The van der Waals surface area contributed by atoms with Gasteiger partial charge < -0.3 is 5.11 Å². The Labute approximate surface area is 96.3 Å². The van der Waals surface area contributed by atoms with Gasteiger partial charge in [0.1, 0.15) is 0 Å². The van der Waals surface area contributed by atoms with Crippen LogP contribution in [0, 0.1) is 26.3 Å². The molecule has 84 valence electrons. The lowest BCUT2D eigenvalue weighted by Gasteiger charge is -2.12. The lowest BCUT2D eigenvalue weighted by molar-refractivity contribution is 0.252. The molecule has 1 aromatic heterocycles. The zero-order chi connectivity index (χ0) is 12.1. The monoisotopic (exact) mass is 216 g/mol. The summed E-state index contributed by atoms with van der Waals surface area (Å²) in [5, 5.41) is 9.13. The minimum atomic E-state index is 0.00157. The van der Waals surface area contributed by atoms with Crippen molar-refractivity contribution in [3.8, 4) is 0 Å². The quantitative estimate of drug-likeness (QED) is 0.620. The Bertz CT molecular complexity index is 432. The molecule has 1 atom stereocenters. The zero-order valence-electron chi connectivity index (χ0n) is 9.70. The van der Waals surface area contributed by atoms with Crippen LogP contribution in [0.4, 0.5) is 5.69 Å². The molecular weight excluding hydrogens is 200 g/mol. The molecule has 0 aliphatic heterocycles. The molecule has 0 bridgehead atoms. The van der Waals surface area contributed by atoms with Gasteiger partial charge >= 0.3 is 0 Å². The van der Waals surface area contributed by atoms with Crippen LogP contribution < -0.4 is 0 Å². The van der Waals surface area contributed by atoms with Gasteiger partial charge in [-0.3, -0.25) is 4.98 Å². The molecule has 0 aliphatic rings. The van der Waals surface area contributed by atoms with Crippen molar-refractivity contribution in [3.05, 3.63) is 47.1 Å². The topological polar surface area (TPSA) is 37.5 Å². The summed E-state index contributed by atoms with van der Waals surface area (Å²) in [7, 11) is 0. The Morgan fingerprint density at radius 2 is 2.31 bits per heavy atom. The van der Waals surface area contributed by atoms with Crippen LogP contribution in [0.15, 0.2) is 18.7 Å². The lowest BCUT2D eigenvalue weighted by Crippen LogP contribution is -2.07. The molecule has 1 heterocycles. The van der Waals surface area contributed by atoms with Crippen molar-refractivity contribution in [3.63, 3.8) is 0 Å². The standard InChI is InChI=1S/C13H16N2O/c1-5-11(8-16)7-12-6-9(2)15-10(3)13(12)14-4/h5-6,11,16H,1,7-8H2,2-3H3. The summed E-state index contributed by atoms with van der Waals surface area (Å²) in [6, 6.07) is 1.91. The van der Waals surface area contributed by atoms with Gasteiger partial charge in [-0.1, -0.05) is 6.08 Å². The second-order valence-electron chi connectivity index (χ2n) is 3.85. The Morgan fingerprint density at radius 3 is 2.81 bits per heavy atom. The molecular formula is C13H16N2O. The van der Waals surface area contributed by atoms with Gasteiger partial charge in [0.25, 0.3) is 0 Å². The highest BCUT2D eigenvalue weighted by molar-refractivity contribution is 5.56. The van der Waals surface area contributed by atoms with Crippen molar-refractivity contribution < 1.29 is 5.11 Å². The van der Waals surface area contributed by atoms with Gasteiger partial charge in [-0.15, -0.1) is 6.58 Å². The fraction of sp³-hybridized carbons (Fsp3) is 0.385. The summed E-state index contributed by atoms with van der Waals surface area (Å²) in [6.45, 7) is 14.6. The van der Waals surface area contributed by atoms with E-state index in [4.69, 9.17) is 11.7 Å². The number of aromatic nitrogens is 1. The largest absolute Gasteiger partial charge is 0.396 e. The van der Waals surface area contributed by atoms with Crippen LogP contribution >= 0.6 is 0 Å². The van der Waals surface area contributed by atoms with E-state index in [1.54, 1.807) is 6.08 Å². The van der Waals surface area contributed by atoms with Crippen molar-refractivity contribution in [2.45, 2.75) is 20.3 Å². The third kappa shape index (κ3) is 2.68. The molecule has 3 nitrogen and oxygen atoms in total. The van der Waals surface area contributed by atoms with Gasteiger partial charge in [-0.25, -0.2) is 4.85 Å². The van der Waals surface area contributed by atoms with Gasteiger partial charge in [0.05, 0.1) is 6.57 Å². The third-order valence-corrected chi connectivity index (χ3v) is 2.54. The molecule has 0 aliphatic carbocycles. The van der Waals surface area contributed by atoms with Gasteiger partial charge in [0, 0.05) is 23.9 Å². The van der Waals surface area contributed by atoms with Crippen LogP contribution in [0.1, 0.15) is 17.0 Å². The van der Waals surface area contributed by atoms with Crippen LogP contribution in [-0.2, 0) is 6.42 Å². The first-order chi connectivity index (χ1) is 7.62. The van der Waals surface area contributed by atoms with E-state index < -0.39 is 0 Å². The first kappa shape index (κ1) is 12.4. The molecule has 0 spiro atoms. The van der Waals surface area contributed by atoms with Gasteiger partial charge in [0.15, 0.2) is 0 Å². The molecule has 0 saturated carbocycles. The van der Waals surface area contributed by atoms with Crippen molar-refractivity contribution in [2.75, 3.05) is 6.61 Å². The minimum Gasteiger partial charge on any atom is -0.396 e. The molecule has 0 radical (unpaired) electrons. The van der Waals surface area contributed by atoms with Crippen molar-refractivity contribution >= 4 is 5.69 Å². The van der Waals surface area contributed by atoms with E-state index in [1.165, 1.54) is 0 Å². The molecule has 0 fully saturated rings. The summed E-state index contributed by atoms with van der Waals surface area (Å²) in [6.07, 6.45) is 2.36. The summed E-state index contributed by atoms with van der Waals surface area (Å²) in [4.78, 5) is 7.77. The van der Waals surface area contributed by atoms with Crippen molar-refractivity contribution in [1.29, 1.82) is 0 Å². The van der Waals surface area contributed by atoms with Crippen LogP contribution in [0.5, 0.6) is 0 Å². The van der Waals surface area contributed by atoms with E-state index in [2.05, 4.69) is 16.4 Å². The number of aliphatic hydroxyl groups is 1. The van der Waals surface area contributed by atoms with E-state index >= 15 is 0 Å². The predicted octanol–water partition coefficient (Wildman–Crippen LogP) is 2.59. The van der Waals surface area contributed by atoms with Gasteiger partial charge in [-0.2, -0.15) is 0 Å². The number of rotatable bonds is 4. The molecule has 0 saturated heterocycles. The SMILES string of the molecule is [C-]#[N+]c1c(CC(C=C)CO)cc(C)nc1C. The highest BCUT2D eigenvalue weighted by Crippen LogP contribution is 2.26. The van der Waals surface area contributed by atoms with Crippen LogP contribution in [-0.4, -0.2) is 16.7 Å². The second-order valence-corrected chi connectivity index (χ2v) is 3.85. The molecule has 0 aromatic carbocycles. The Morgan fingerprint density at radius 1 is 1.62 bits per heavy atom. The number of pyridine rings is 1. The second kappa shape index (κ2) is 5.43. The molecule has 0 amide bonds. The van der Waals surface area contributed by atoms with Crippen molar-refractivity contribution in [1.82, 2.24) is 4.98 Å². The molecule has 1 aromatic rings. The summed E-state index contributed by atoms with van der Waals surface area (Å²) in [5.41, 5.74) is 3.20. The molecule has 16 heavy (non-hydrogen) atoms. The van der Waals surface area contributed by atoms with E-state index in [0.717, 1.165) is 17.0 Å². The summed E-state index contributed by atoms with van der Waals surface area (Å²) >= 11 is 0. The molecule has 1 rings (SSSR count). The van der Waals surface area contributed by atoms with E-state index in [9.17, 15) is 0 Å². The number of nitrogens with zero attached hydrogens (tertiary/aromatic N) is 2. The fourth-order valence-electron chi connectivity index (χ4n) is 1.72. The first-order valence-corrected chi connectivity index (χ1v) is 5.20. The van der Waals surface area contributed by atoms with E-state index in [0.29, 0.717) is 12.1 Å². The number of aliphatic hydroxyl groups excluding tert-OH is 1. The normalized spacial score (nSPS) is 11.9. The van der Waals surface area contributed by atoms with Gasteiger partial charge in [0.2, 0.25) is 5.69 Å². The summed E-state index contributed by atoms with van der Waals surface area (Å²) < 4.78 is 0. The van der Waals surface area contributed by atoms with Crippen LogP contribution in [0.2, 0.25) is 0 Å². The Hall–Kier alpha value is -1.66. The number of aryl methyl sites for hydroxylation is 2. The maximum atomic E-state index is 9.13. The van der Waals surface area contributed by atoms with E-state index in [1.807, 2.05) is 19.9 Å². The lowest BCUT2D eigenvalue weighted by atomic mass is 9.98. The fourth-order valence-corrected chi connectivity index (χ4v) is 1.72. The minimum absolute atomic E-state index is 0.00157. The predicted molar refractivity (Wildman–Crippen MR) is 64.4 cm³/mol. The maximum Gasteiger partial charge on any atom is 0.211 e. The first-order valence-electron chi connectivity index (χ1n) is 5.20. The van der Waals surface area contributed by atoms with Crippen LogP contribution in [0.25, 0.3) is 4.85 Å². The highest BCUT2D eigenvalue weighted by Gasteiger charge is 2.12. The average molecular weight is 216 g/mol. The summed E-state index contributed by atoms with van der Waals surface area (Å²) in [5.74, 6) is 0.00157. The zero-order valence-corrected chi connectivity index (χ0v) is 9.70. The molecule has 1 unspecified atom stereocenters. The number of hydrogen-bond donors (Lipinski definition) is 1. The van der Waals surface area contributed by atoms with Gasteiger partial charge in [-0.05, 0) is 31.9 Å². The van der Waals surface area contributed by atoms with Crippen molar-refractivity contribution in [2.24, 2.45) is 5.92 Å². The van der Waals surface area contributed by atoms with Crippen LogP contribution in [0.3, 0.4) is 0 Å². The highest BCUT2D eigenvalue weighted by atomic mass is 16.3.